The van der Waals surface area contributed by atoms with Gasteiger partial charge in [0.05, 0.1) is 12.6 Å². The number of thiol groups is 1. The summed E-state index contributed by atoms with van der Waals surface area (Å²) in [7, 11) is 0. The molecule has 382 valence electrons. The number of phenolic OH excluding ortho intramolecular Hbond substituents is 1. The second-order valence-electron chi connectivity index (χ2n) is 17.5. The Bertz CT molecular complexity index is 1890. The van der Waals surface area contributed by atoms with Gasteiger partial charge >= 0.3 is 11.9 Å². The lowest BCUT2D eigenvalue weighted by molar-refractivity contribution is -0.143. The van der Waals surface area contributed by atoms with E-state index >= 15 is 0 Å². The maximum absolute atomic E-state index is 14.1. The number of rotatable bonds is 31. The molecule has 0 fully saturated rings. The summed E-state index contributed by atoms with van der Waals surface area (Å²) in [5.74, 6) is -9.85. The van der Waals surface area contributed by atoms with E-state index in [4.69, 9.17) is 5.73 Å². The Labute approximate surface area is 406 Å². The van der Waals surface area contributed by atoms with Crippen LogP contribution in [0.4, 0.5) is 0 Å². The first-order valence-electron chi connectivity index (χ1n) is 22.3. The van der Waals surface area contributed by atoms with Gasteiger partial charge in [-0.3, -0.25) is 43.2 Å². The molecule has 0 saturated heterocycles. The number of nitrogens with one attached hydrogen (secondary N) is 8. The van der Waals surface area contributed by atoms with Crippen molar-refractivity contribution in [2.24, 2.45) is 23.5 Å². The van der Waals surface area contributed by atoms with Gasteiger partial charge in [0, 0.05) is 18.6 Å². The molecule has 0 aliphatic rings. The van der Waals surface area contributed by atoms with Gasteiger partial charge in [0.2, 0.25) is 47.3 Å². The Hall–Kier alpha value is -5.62. The van der Waals surface area contributed by atoms with E-state index in [0.29, 0.717) is 11.3 Å². The zero-order valence-corrected chi connectivity index (χ0v) is 41.6. The zero-order valence-electron chi connectivity index (χ0n) is 39.9. The van der Waals surface area contributed by atoms with Crippen molar-refractivity contribution >= 4 is 83.6 Å². The highest BCUT2D eigenvalue weighted by atomic mass is 32.2. The molecule has 68 heavy (non-hydrogen) atoms. The van der Waals surface area contributed by atoms with E-state index < -0.39 is 133 Å². The van der Waals surface area contributed by atoms with Gasteiger partial charge < -0.3 is 63.6 Å². The molecular formula is C44H71N9O13S2. The molecule has 0 bridgehead atoms. The van der Waals surface area contributed by atoms with Crippen LogP contribution in [0.2, 0.25) is 0 Å². The van der Waals surface area contributed by atoms with Crippen LogP contribution in [0, 0.1) is 17.8 Å². The number of benzene rings is 1. The highest BCUT2D eigenvalue weighted by Gasteiger charge is 2.35. The molecule has 0 aromatic heterocycles. The van der Waals surface area contributed by atoms with Crippen molar-refractivity contribution in [1.82, 2.24) is 42.5 Å². The van der Waals surface area contributed by atoms with Crippen LogP contribution in [-0.2, 0) is 54.4 Å². The fourth-order valence-electron chi connectivity index (χ4n) is 6.42. The van der Waals surface area contributed by atoms with Crippen LogP contribution >= 0.6 is 24.4 Å². The van der Waals surface area contributed by atoms with Crippen molar-refractivity contribution in [1.29, 1.82) is 0 Å². The van der Waals surface area contributed by atoms with Crippen molar-refractivity contribution in [3.05, 3.63) is 29.8 Å². The highest BCUT2D eigenvalue weighted by Crippen LogP contribution is 2.14. The van der Waals surface area contributed by atoms with Crippen LogP contribution in [0.1, 0.15) is 86.1 Å². The third-order valence-electron chi connectivity index (χ3n) is 10.1. The lowest BCUT2D eigenvalue weighted by atomic mass is 10.00. The van der Waals surface area contributed by atoms with Crippen LogP contribution in [0.25, 0.3) is 0 Å². The lowest BCUT2D eigenvalue weighted by Crippen LogP contribution is -2.60. The number of carboxylic acids is 2. The highest BCUT2D eigenvalue weighted by molar-refractivity contribution is 7.98. The minimum absolute atomic E-state index is 0.0200. The largest absolute Gasteiger partial charge is 0.508 e. The van der Waals surface area contributed by atoms with Crippen LogP contribution in [0.3, 0.4) is 0 Å². The minimum atomic E-state index is -1.55. The number of carbonyl (C=O) groups excluding carboxylic acids is 8. The second-order valence-corrected chi connectivity index (χ2v) is 18.9. The molecule has 24 heteroatoms. The number of hydrogen-bond acceptors (Lipinski definition) is 14. The van der Waals surface area contributed by atoms with Gasteiger partial charge in [0.15, 0.2) is 0 Å². The summed E-state index contributed by atoms with van der Waals surface area (Å²) in [6.07, 6.45) is 0.746. The maximum Gasteiger partial charge on any atom is 0.326 e. The molecule has 0 radical (unpaired) electrons. The third-order valence-corrected chi connectivity index (χ3v) is 11.1. The van der Waals surface area contributed by atoms with Crippen molar-refractivity contribution in [3.63, 3.8) is 0 Å². The third kappa shape index (κ3) is 22.9. The predicted molar refractivity (Wildman–Crippen MR) is 257 cm³/mol. The Kier molecular flexibility index (Phi) is 27.3. The van der Waals surface area contributed by atoms with Crippen molar-refractivity contribution in [3.8, 4) is 5.75 Å². The van der Waals surface area contributed by atoms with Crippen molar-refractivity contribution in [2.75, 3.05) is 24.3 Å². The lowest BCUT2D eigenvalue weighted by Gasteiger charge is -2.28. The van der Waals surface area contributed by atoms with E-state index in [2.05, 4.69) is 55.2 Å². The first-order valence-corrected chi connectivity index (χ1v) is 24.3. The number of aliphatic carboxylic acids is 2. The second kappa shape index (κ2) is 30.7. The molecule has 1 aromatic carbocycles. The van der Waals surface area contributed by atoms with E-state index in [0.717, 1.165) is 0 Å². The molecule has 8 atom stereocenters. The number of hydrogen-bond donors (Lipinski definition) is 13. The molecule has 0 saturated carbocycles. The summed E-state index contributed by atoms with van der Waals surface area (Å²) < 4.78 is 0. The molecule has 0 aliphatic heterocycles. The number of phenols is 1. The van der Waals surface area contributed by atoms with E-state index in [-0.39, 0.29) is 49.0 Å². The summed E-state index contributed by atoms with van der Waals surface area (Å²) in [6, 6.07) is -4.39. The van der Waals surface area contributed by atoms with Gasteiger partial charge in [0.1, 0.15) is 48.0 Å². The SMILES string of the molecule is CSCC[C@H](NC(=O)[C@H](CC(C)C)NC(=O)[C@H](Cc1ccc(O)cc1)NC(=O)CNC(=O)[C@H](C)N)C(=O)N[C@@H](CCC(=O)O)C(=O)N[C@@H](CC(C)C)C(=O)N[C@@H](CS)C(=O)N[C@H](C(=O)O)C(C)C. The Balaban J connectivity index is 3.43. The topological polar surface area (TPSA) is 354 Å². The molecule has 0 heterocycles. The summed E-state index contributed by atoms with van der Waals surface area (Å²) in [6.45, 7) is 11.2. The van der Waals surface area contributed by atoms with Gasteiger partial charge in [-0.05, 0) is 80.1 Å². The summed E-state index contributed by atoms with van der Waals surface area (Å²) in [5.41, 5.74) is 6.10. The Morgan fingerprint density at radius 1 is 0.603 bits per heavy atom. The summed E-state index contributed by atoms with van der Waals surface area (Å²) in [4.78, 5) is 131. The van der Waals surface area contributed by atoms with E-state index in [1.165, 1.54) is 43.0 Å². The van der Waals surface area contributed by atoms with E-state index in [1.807, 2.05) is 0 Å². The number of thioether (sulfide) groups is 1. The quantitative estimate of drug-likeness (QED) is 0.0404. The predicted octanol–water partition coefficient (Wildman–Crippen LogP) is -0.828. The summed E-state index contributed by atoms with van der Waals surface area (Å²) in [5, 5.41) is 49.0. The molecule has 8 amide bonds. The van der Waals surface area contributed by atoms with Gasteiger partial charge in [-0.15, -0.1) is 0 Å². The number of aromatic hydroxyl groups is 1. The van der Waals surface area contributed by atoms with E-state index in [1.54, 1.807) is 47.8 Å². The van der Waals surface area contributed by atoms with Crippen LogP contribution in [0.15, 0.2) is 24.3 Å². The van der Waals surface area contributed by atoms with Crippen molar-refractivity contribution in [2.45, 2.75) is 135 Å². The van der Waals surface area contributed by atoms with Gasteiger partial charge in [0.25, 0.3) is 0 Å². The molecule has 22 nitrogen and oxygen atoms in total. The van der Waals surface area contributed by atoms with Crippen LogP contribution in [0.5, 0.6) is 5.75 Å². The standard InChI is InChI=1S/C44H71N9O13S2/c1-22(2)17-30(51-42(63)32(19-26-9-11-27(54)12-10-26)47-34(55)20-46-37(58)25(7)45)40(61)49-29(15-16-68-8)39(60)48-28(13-14-35(56)57)38(59)50-31(18-23(3)4)41(62)52-33(21-67)43(64)53-36(24(5)6)44(65)66/h9-12,22-25,28-33,36,54,67H,13-21,45H2,1-8H3,(H,46,58)(H,47,55)(H,48,60)(H,49,61)(H,50,59)(H,51,63)(H,52,62)(H,53,64)(H,56,57)(H,65,66)/t25-,28-,29-,30-,31-,32-,33-,36-/m0/s1. The molecule has 0 unspecified atom stereocenters. The number of carbonyl (C=O) groups is 10. The molecule has 1 rings (SSSR count). The Morgan fingerprint density at radius 3 is 1.47 bits per heavy atom. The van der Waals surface area contributed by atoms with Crippen molar-refractivity contribution < 1.29 is 63.3 Å². The van der Waals surface area contributed by atoms with Crippen LogP contribution in [-0.4, -0.2) is 147 Å². The molecule has 1 aromatic rings. The first-order chi connectivity index (χ1) is 31.8. The minimum Gasteiger partial charge on any atom is -0.508 e. The van der Waals surface area contributed by atoms with E-state index in [9.17, 15) is 63.3 Å². The molecular weight excluding hydrogens is 927 g/mol. The van der Waals surface area contributed by atoms with Crippen LogP contribution < -0.4 is 48.3 Å². The molecule has 0 spiro atoms. The number of nitrogens with two attached hydrogens (primary N) is 1. The monoisotopic (exact) mass is 997 g/mol. The van der Waals surface area contributed by atoms with Gasteiger partial charge in [-0.1, -0.05) is 53.7 Å². The molecule has 0 aliphatic carbocycles. The summed E-state index contributed by atoms with van der Waals surface area (Å²) >= 11 is 5.49. The first kappa shape index (κ1) is 60.4. The average Bonchev–Trinajstić information content (AvgIpc) is 3.25. The van der Waals surface area contributed by atoms with Gasteiger partial charge in [-0.25, -0.2) is 4.79 Å². The number of carboxylic acid groups (broad SMARTS) is 2. The Morgan fingerprint density at radius 2 is 1.04 bits per heavy atom. The fraction of sp³-hybridized carbons (Fsp3) is 0.636. The zero-order chi connectivity index (χ0) is 51.8. The average molecular weight is 998 g/mol. The smallest absolute Gasteiger partial charge is 0.326 e. The normalized spacial score (nSPS) is 14.7. The fourth-order valence-corrected chi connectivity index (χ4v) is 7.15. The number of amides is 8. The molecule has 13 N–H and O–H groups in total. The maximum atomic E-state index is 14.1. The van der Waals surface area contributed by atoms with Gasteiger partial charge in [-0.2, -0.15) is 24.4 Å².